The Morgan fingerprint density at radius 1 is 0.912 bits per heavy atom. The first-order valence-corrected chi connectivity index (χ1v) is 12.5. The van der Waals surface area contributed by atoms with E-state index in [-0.39, 0.29) is 34.5 Å². The molecule has 2 aromatic rings. The van der Waals surface area contributed by atoms with E-state index in [0.29, 0.717) is 30.3 Å². The highest BCUT2D eigenvalue weighted by molar-refractivity contribution is 7.15. The smallest absolute Gasteiger partial charge is 0.286 e. The van der Waals surface area contributed by atoms with Crippen LogP contribution in [0.2, 0.25) is 0 Å². The number of nitrogens with zero attached hydrogens (tertiary/aromatic N) is 4. The molecule has 180 valence electrons. The second-order valence-corrected chi connectivity index (χ2v) is 9.74. The molecule has 0 saturated carbocycles. The summed E-state index contributed by atoms with van der Waals surface area (Å²) in [5, 5.41) is 10.9. The lowest BCUT2D eigenvalue weighted by Gasteiger charge is -2.34. The molecule has 1 aromatic heterocycles. The third kappa shape index (κ3) is 4.84. The van der Waals surface area contributed by atoms with Gasteiger partial charge in [-0.3, -0.25) is 14.4 Å². The molecule has 10 nitrogen and oxygen atoms in total. The Labute approximate surface area is 201 Å². The van der Waals surface area contributed by atoms with Crippen molar-refractivity contribution in [2.45, 2.75) is 38.5 Å². The zero-order chi connectivity index (χ0) is 23.5. The van der Waals surface area contributed by atoms with Crippen molar-refractivity contribution >= 4 is 34.7 Å². The van der Waals surface area contributed by atoms with Gasteiger partial charge in [0.25, 0.3) is 11.8 Å². The Hall–Kier alpha value is -3.21. The number of nitrogens with one attached hydrogen (secondary N) is 1. The van der Waals surface area contributed by atoms with Crippen molar-refractivity contribution in [3.8, 4) is 11.5 Å². The van der Waals surface area contributed by atoms with Crippen LogP contribution in [0.4, 0.5) is 5.69 Å². The van der Waals surface area contributed by atoms with E-state index in [1.54, 1.807) is 23.1 Å². The molecule has 34 heavy (non-hydrogen) atoms. The van der Waals surface area contributed by atoms with Gasteiger partial charge in [0, 0.05) is 37.9 Å². The lowest BCUT2D eigenvalue weighted by atomic mass is 9.96. The van der Waals surface area contributed by atoms with Crippen LogP contribution in [-0.2, 0) is 4.79 Å². The summed E-state index contributed by atoms with van der Waals surface area (Å²) in [5.74, 6) is 0.408. The van der Waals surface area contributed by atoms with Crippen molar-refractivity contribution < 1.29 is 23.9 Å². The highest BCUT2D eigenvalue weighted by Gasteiger charge is 2.33. The molecule has 0 aliphatic carbocycles. The van der Waals surface area contributed by atoms with E-state index in [9.17, 15) is 14.4 Å². The minimum absolute atomic E-state index is 0.0928. The Bertz CT molecular complexity index is 1080. The summed E-state index contributed by atoms with van der Waals surface area (Å²) in [5.41, 5.74) is 0.531. The fraction of sp³-hybridized carbons (Fsp3) is 0.522. The molecule has 11 heteroatoms. The van der Waals surface area contributed by atoms with Gasteiger partial charge < -0.3 is 24.6 Å². The number of carbonyl (C=O) groups is 3. The number of benzene rings is 1. The topological polar surface area (TPSA) is 114 Å². The minimum Gasteiger partial charge on any atom is -0.454 e. The molecule has 2 fully saturated rings. The zero-order valence-corrected chi connectivity index (χ0v) is 19.6. The van der Waals surface area contributed by atoms with Gasteiger partial charge in [-0.15, -0.1) is 10.2 Å². The fourth-order valence-corrected chi connectivity index (χ4v) is 5.31. The first-order valence-electron chi connectivity index (χ1n) is 11.7. The quantitative estimate of drug-likeness (QED) is 0.708. The molecule has 5 rings (SSSR count). The van der Waals surface area contributed by atoms with Gasteiger partial charge in [-0.25, -0.2) is 0 Å². The minimum atomic E-state index is -0.455. The summed E-state index contributed by atoms with van der Waals surface area (Å²) in [6, 6.07) is 5.09. The maximum Gasteiger partial charge on any atom is 0.286 e. The first-order chi connectivity index (χ1) is 16.6. The molecular weight excluding hydrogens is 458 g/mol. The van der Waals surface area contributed by atoms with E-state index in [1.165, 1.54) is 12.8 Å². The van der Waals surface area contributed by atoms with Gasteiger partial charge in [-0.2, -0.15) is 0 Å². The SMILES string of the molecule is O=C(Nc1ccc2c(c1)OCO2)c1nnc(C(=O)N2CCC[C@@H](C(=O)N3CCCCCC3)C2)s1. The molecule has 1 aromatic carbocycles. The average molecular weight is 486 g/mol. The number of carbonyl (C=O) groups excluding carboxylic acids is 3. The summed E-state index contributed by atoms with van der Waals surface area (Å²) < 4.78 is 10.6. The Morgan fingerprint density at radius 3 is 2.47 bits per heavy atom. The molecular formula is C23H27N5O5S. The van der Waals surface area contributed by atoms with E-state index < -0.39 is 5.91 Å². The van der Waals surface area contributed by atoms with Gasteiger partial charge in [0.2, 0.25) is 22.7 Å². The third-order valence-electron chi connectivity index (χ3n) is 6.41. The molecule has 2 saturated heterocycles. The maximum absolute atomic E-state index is 13.1. The second kappa shape index (κ2) is 9.96. The van der Waals surface area contributed by atoms with Gasteiger partial charge in [-0.05, 0) is 37.8 Å². The summed E-state index contributed by atoms with van der Waals surface area (Å²) in [6.45, 7) is 2.71. The summed E-state index contributed by atoms with van der Waals surface area (Å²) >= 11 is 0.951. The monoisotopic (exact) mass is 485 g/mol. The van der Waals surface area contributed by atoms with Crippen molar-refractivity contribution in [3.05, 3.63) is 28.2 Å². The van der Waals surface area contributed by atoms with Gasteiger partial charge >= 0.3 is 0 Å². The maximum atomic E-state index is 13.1. The van der Waals surface area contributed by atoms with Crippen LogP contribution in [0, 0.1) is 5.92 Å². The molecule has 3 aliphatic rings. The van der Waals surface area contributed by atoms with E-state index in [2.05, 4.69) is 15.5 Å². The van der Waals surface area contributed by atoms with Gasteiger partial charge in [0.1, 0.15) is 0 Å². The van der Waals surface area contributed by atoms with E-state index in [0.717, 1.165) is 50.1 Å². The highest BCUT2D eigenvalue weighted by Crippen LogP contribution is 2.34. The highest BCUT2D eigenvalue weighted by atomic mass is 32.1. The number of hydrogen-bond acceptors (Lipinski definition) is 8. The number of piperidine rings is 1. The lowest BCUT2D eigenvalue weighted by Crippen LogP contribution is -2.47. The predicted molar refractivity (Wildman–Crippen MR) is 124 cm³/mol. The molecule has 3 aliphatic heterocycles. The summed E-state index contributed by atoms with van der Waals surface area (Å²) in [4.78, 5) is 42.4. The van der Waals surface area contributed by atoms with Crippen LogP contribution in [0.3, 0.4) is 0 Å². The number of aromatic nitrogens is 2. The Kier molecular flexibility index (Phi) is 6.61. The van der Waals surface area contributed by atoms with Crippen molar-refractivity contribution in [1.29, 1.82) is 0 Å². The van der Waals surface area contributed by atoms with Crippen LogP contribution in [0.1, 0.15) is 58.1 Å². The number of rotatable bonds is 4. The number of likely N-dealkylation sites (tertiary alicyclic amines) is 2. The number of ether oxygens (including phenoxy) is 2. The first kappa shape index (κ1) is 22.6. The molecule has 0 bridgehead atoms. The van der Waals surface area contributed by atoms with Crippen molar-refractivity contribution in [3.63, 3.8) is 0 Å². The molecule has 0 radical (unpaired) electrons. The zero-order valence-electron chi connectivity index (χ0n) is 18.8. The lowest BCUT2D eigenvalue weighted by molar-refractivity contribution is -0.136. The number of anilines is 1. The molecule has 0 unspecified atom stereocenters. The van der Waals surface area contributed by atoms with Crippen LogP contribution in [-0.4, -0.2) is 70.7 Å². The molecule has 0 spiro atoms. The fourth-order valence-electron chi connectivity index (χ4n) is 4.61. The van der Waals surface area contributed by atoms with E-state index in [1.807, 2.05) is 4.90 Å². The van der Waals surface area contributed by atoms with Crippen LogP contribution >= 0.6 is 11.3 Å². The average Bonchev–Trinajstić information content (AvgIpc) is 3.46. The normalized spacial score (nSPS) is 20.1. The van der Waals surface area contributed by atoms with Crippen molar-refractivity contribution in [2.75, 3.05) is 38.3 Å². The van der Waals surface area contributed by atoms with E-state index in [4.69, 9.17) is 9.47 Å². The number of amides is 3. The van der Waals surface area contributed by atoms with Crippen LogP contribution in [0.15, 0.2) is 18.2 Å². The third-order valence-corrected chi connectivity index (χ3v) is 7.32. The van der Waals surface area contributed by atoms with Gasteiger partial charge in [0.15, 0.2) is 11.5 Å². The Balaban J connectivity index is 1.20. The van der Waals surface area contributed by atoms with Gasteiger partial charge in [0.05, 0.1) is 5.92 Å². The Morgan fingerprint density at radius 2 is 1.65 bits per heavy atom. The standard InChI is InChI=1S/C23H27N5O5S/c29-19(24-16-7-8-17-18(12-16)33-14-32-17)20-25-26-21(34-20)23(31)28-11-5-6-15(13-28)22(30)27-9-3-1-2-4-10-27/h7-8,12,15H,1-6,9-11,13-14H2,(H,24,29)/t15-/m1/s1. The predicted octanol–water partition coefficient (Wildman–Crippen LogP) is 2.77. The second-order valence-electron chi connectivity index (χ2n) is 8.76. The van der Waals surface area contributed by atoms with E-state index >= 15 is 0 Å². The van der Waals surface area contributed by atoms with Gasteiger partial charge in [-0.1, -0.05) is 24.2 Å². The molecule has 1 atom stereocenters. The molecule has 3 amide bonds. The van der Waals surface area contributed by atoms with Crippen molar-refractivity contribution in [1.82, 2.24) is 20.0 Å². The van der Waals surface area contributed by atoms with Crippen LogP contribution < -0.4 is 14.8 Å². The molecule has 4 heterocycles. The largest absolute Gasteiger partial charge is 0.454 e. The van der Waals surface area contributed by atoms with Crippen molar-refractivity contribution in [2.24, 2.45) is 5.92 Å². The summed E-state index contributed by atoms with van der Waals surface area (Å²) in [6.07, 6.45) is 5.98. The molecule has 1 N–H and O–H groups in total. The van der Waals surface area contributed by atoms with Crippen LogP contribution in [0.25, 0.3) is 0 Å². The van der Waals surface area contributed by atoms with Crippen LogP contribution in [0.5, 0.6) is 11.5 Å². The number of fused-ring (bicyclic) bond motifs is 1. The summed E-state index contributed by atoms with van der Waals surface area (Å²) in [7, 11) is 0. The number of hydrogen-bond donors (Lipinski definition) is 1.